The molecule has 1 aromatic carbocycles. The maximum Gasteiger partial charge on any atom is 0.494 e. The van der Waals surface area contributed by atoms with Gasteiger partial charge < -0.3 is 14.6 Å². The van der Waals surface area contributed by atoms with Gasteiger partial charge in [0.1, 0.15) is 0 Å². The van der Waals surface area contributed by atoms with Crippen molar-refractivity contribution in [3.63, 3.8) is 0 Å². The minimum atomic E-state index is -0.430. The van der Waals surface area contributed by atoms with Crippen LogP contribution in [0.5, 0.6) is 0 Å². The maximum atomic E-state index is 12.3. The highest BCUT2D eigenvalue weighted by atomic mass is 16.7. The highest BCUT2D eigenvalue weighted by Gasteiger charge is 2.51. The van der Waals surface area contributed by atoms with Crippen molar-refractivity contribution in [2.75, 3.05) is 5.32 Å². The lowest BCUT2D eigenvalue weighted by Crippen LogP contribution is -2.41. The van der Waals surface area contributed by atoms with Gasteiger partial charge in [0, 0.05) is 11.3 Å². The van der Waals surface area contributed by atoms with Gasteiger partial charge in [-0.3, -0.25) is 4.79 Å². The Hall–Kier alpha value is -1.85. The summed E-state index contributed by atoms with van der Waals surface area (Å²) in [6.07, 6.45) is 7.77. The summed E-state index contributed by atoms with van der Waals surface area (Å²) in [6, 6.07) is 7.64. The number of benzene rings is 1. The molecule has 1 aromatic rings. The Bertz CT molecular complexity index is 692. The Morgan fingerprint density at radius 1 is 1.00 bits per heavy atom. The van der Waals surface area contributed by atoms with E-state index in [2.05, 4.69) is 5.32 Å². The normalized spacial score (nSPS) is 18.9. The Kier molecular flexibility index (Phi) is 9.19. The summed E-state index contributed by atoms with van der Waals surface area (Å²) in [4.78, 5) is 12.3. The molecule has 4 nitrogen and oxygen atoms in total. The Labute approximate surface area is 171 Å². The van der Waals surface area contributed by atoms with Crippen molar-refractivity contribution >= 4 is 24.2 Å². The molecule has 1 amide bonds. The minimum Gasteiger partial charge on any atom is -0.399 e. The molecule has 1 aliphatic heterocycles. The second-order valence-electron chi connectivity index (χ2n) is 7.31. The number of rotatable bonds is 3. The lowest BCUT2D eigenvalue weighted by atomic mass is 9.79. The zero-order chi connectivity index (χ0) is 21.4. The van der Waals surface area contributed by atoms with E-state index < -0.39 is 7.12 Å². The molecule has 3 rings (SSSR count). The molecule has 1 heterocycles. The summed E-state index contributed by atoms with van der Waals surface area (Å²) in [5.41, 5.74) is 1.59. The van der Waals surface area contributed by atoms with Crippen molar-refractivity contribution in [3.8, 4) is 0 Å². The highest BCUT2D eigenvalue weighted by Crippen LogP contribution is 2.36. The summed E-state index contributed by atoms with van der Waals surface area (Å²) in [5.74, 6) is -0.0861. The van der Waals surface area contributed by atoms with E-state index in [0.29, 0.717) is 5.57 Å². The predicted molar refractivity (Wildman–Crippen MR) is 120 cm³/mol. The van der Waals surface area contributed by atoms with Crippen LogP contribution in [0.3, 0.4) is 0 Å². The minimum absolute atomic E-state index is 0.0861. The van der Waals surface area contributed by atoms with Gasteiger partial charge in [-0.1, -0.05) is 58.1 Å². The van der Waals surface area contributed by atoms with Crippen LogP contribution < -0.4 is 10.8 Å². The van der Waals surface area contributed by atoms with E-state index in [1.54, 1.807) is 0 Å². The van der Waals surface area contributed by atoms with Crippen LogP contribution in [0.1, 0.15) is 68.2 Å². The van der Waals surface area contributed by atoms with Crippen molar-refractivity contribution in [2.45, 2.75) is 79.4 Å². The summed E-state index contributed by atoms with van der Waals surface area (Å²) < 4.78 is 12.1. The largest absolute Gasteiger partial charge is 0.494 e. The van der Waals surface area contributed by atoms with E-state index in [9.17, 15) is 4.79 Å². The molecule has 1 N–H and O–H groups in total. The molecule has 1 saturated heterocycles. The number of allylic oxidation sites excluding steroid dienone is 2. The highest BCUT2D eigenvalue weighted by molar-refractivity contribution is 6.62. The number of anilines is 1. The fourth-order valence-corrected chi connectivity index (χ4v) is 2.73. The average Bonchev–Trinajstić information content (AvgIpc) is 2.93. The first kappa shape index (κ1) is 24.2. The van der Waals surface area contributed by atoms with Gasteiger partial charge in [-0.25, -0.2) is 0 Å². The van der Waals surface area contributed by atoms with Crippen LogP contribution in [0.15, 0.2) is 48.1 Å². The third-order valence-corrected chi connectivity index (χ3v) is 4.93. The first-order valence-electron chi connectivity index (χ1n) is 10.4. The number of carbonyl (C=O) groups is 1. The van der Waals surface area contributed by atoms with Crippen LogP contribution in [0.2, 0.25) is 0 Å². The van der Waals surface area contributed by atoms with Crippen molar-refractivity contribution < 1.29 is 14.1 Å². The quantitative estimate of drug-likeness (QED) is 0.723. The standard InChI is InChI=1S/C19H24BNO3.2C2H6/c1-18(2)19(3,4)24-20(23-18)15-11-8-12-16(13-15)21-17(22)14-9-6-5-7-10-14;2*1-2/h6,8-13H,5,7H2,1-4H3,(H,21,22);2*1-2H3. The Morgan fingerprint density at radius 3 is 2.14 bits per heavy atom. The van der Waals surface area contributed by atoms with Crippen molar-refractivity contribution in [1.82, 2.24) is 0 Å². The molecule has 28 heavy (non-hydrogen) atoms. The van der Waals surface area contributed by atoms with Gasteiger partial charge >= 0.3 is 7.12 Å². The zero-order valence-corrected chi connectivity index (χ0v) is 18.8. The monoisotopic (exact) mass is 385 g/mol. The van der Waals surface area contributed by atoms with Gasteiger partial charge in [0.15, 0.2) is 0 Å². The molecule has 2 aliphatic rings. The molecule has 1 aliphatic carbocycles. The average molecular weight is 385 g/mol. The van der Waals surface area contributed by atoms with Gasteiger partial charge in [-0.05, 0) is 58.1 Å². The summed E-state index contributed by atoms with van der Waals surface area (Å²) in [6.45, 7) is 16.1. The van der Waals surface area contributed by atoms with E-state index in [0.717, 1.165) is 24.0 Å². The predicted octanol–water partition coefficient (Wildman–Crippen LogP) is 5.25. The molecule has 0 spiro atoms. The maximum absolute atomic E-state index is 12.3. The second kappa shape index (κ2) is 10.6. The second-order valence-corrected chi connectivity index (χ2v) is 7.31. The lowest BCUT2D eigenvalue weighted by Gasteiger charge is -2.32. The van der Waals surface area contributed by atoms with Gasteiger partial charge in [-0.15, -0.1) is 0 Å². The van der Waals surface area contributed by atoms with Crippen LogP contribution in [-0.2, 0) is 14.1 Å². The number of amides is 1. The number of hydrogen-bond acceptors (Lipinski definition) is 3. The zero-order valence-electron chi connectivity index (χ0n) is 18.8. The van der Waals surface area contributed by atoms with Crippen molar-refractivity contribution in [3.05, 3.63) is 48.1 Å². The summed E-state index contributed by atoms with van der Waals surface area (Å²) in [5, 5.41) is 2.95. The summed E-state index contributed by atoms with van der Waals surface area (Å²) in [7, 11) is -0.430. The SMILES string of the molecule is CC.CC.CC1(C)OB(c2cccc(NC(=O)C3=CCCC=C3)c2)OC1(C)C. The number of carbonyl (C=O) groups excluding carboxylic acids is 1. The smallest absolute Gasteiger partial charge is 0.399 e. The van der Waals surface area contributed by atoms with Crippen LogP contribution in [0.25, 0.3) is 0 Å². The molecule has 154 valence electrons. The van der Waals surface area contributed by atoms with Gasteiger partial charge in [0.05, 0.1) is 11.2 Å². The van der Waals surface area contributed by atoms with Gasteiger partial charge in [0.2, 0.25) is 0 Å². The first-order chi connectivity index (χ1) is 13.3. The lowest BCUT2D eigenvalue weighted by molar-refractivity contribution is -0.112. The fraction of sp³-hybridized carbons (Fsp3) is 0.522. The van der Waals surface area contributed by atoms with E-state index >= 15 is 0 Å². The topological polar surface area (TPSA) is 47.6 Å². The molecule has 0 radical (unpaired) electrons. The third-order valence-electron chi connectivity index (χ3n) is 4.93. The van der Waals surface area contributed by atoms with E-state index in [4.69, 9.17) is 9.31 Å². The van der Waals surface area contributed by atoms with E-state index in [-0.39, 0.29) is 17.1 Å². The van der Waals surface area contributed by atoms with Crippen molar-refractivity contribution in [2.24, 2.45) is 0 Å². The molecule has 0 unspecified atom stereocenters. The molecule has 1 fully saturated rings. The van der Waals surface area contributed by atoms with Gasteiger partial charge in [-0.2, -0.15) is 0 Å². The fourth-order valence-electron chi connectivity index (χ4n) is 2.73. The molecule has 0 bridgehead atoms. The Morgan fingerprint density at radius 2 is 1.61 bits per heavy atom. The van der Waals surface area contributed by atoms with E-state index in [1.165, 1.54) is 0 Å². The van der Waals surface area contributed by atoms with Crippen molar-refractivity contribution in [1.29, 1.82) is 0 Å². The molecule has 5 heteroatoms. The number of hydrogen-bond donors (Lipinski definition) is 1. The third kappa shape index (κ3) is 5.82. The Balaban J connectivity index is 0.000000921. The molecule has 0 saturated carbocycles. The van der Waals surface area contributed by atoms with Crippen LogP contribution in [0, 0.1) is 0 Å². The first-order valence-corrected chi connectivity index (χ1v) is 10.4. The molecular weight excluding hydrogens is 349 g/mol. The van der Waals surface area contributed by atoms with Crippen LogP contribution >= 0.6 is 0 Å². The van der Waals surface area contributed by atoms with Crippen LogP contribution in [0.4, 0.5) is 5.69 Å². The number of nitrogens with one attached hydrogen (secondary N) is 1. The van der Waals surface area contributed by atoms with Gasteiger partial charge in [0.25, 0.3) is 5.91 Å². The molecular formula is C23H36BNO3. The molecule has 0 aromatic heterocycles. The molecule has 0 atom stereocenters. The van der Waals surface area contributed by atoms with E-state index in [1.807, 2.05) is 97.9 Å². The van der Waals surface area contributed by atoms with Crippen LogP contribution in [-0.4, -0.2) is 24.2 Å². The summed E-state index contributed by atoms with van der Waals surface area (Å²) >= 11 is 0.